The van der Waals surface area contributed by atoms with Crippen LogP contribution in [0.2, 0.25) is 0 Å². The number of rotatable bonds is 6. The molecule has 0 heterocycles. The lowest BCUT2D eigenvalue weighted by Crippen LogP contribution is -2.21. The number of carbonyl (C=O) groups is 2. The van der Waals surface area contributed by atoms with Gasteiger partial charge in [-0.3, -0.25) is 9.59 Å². The maximum absolute atomic E-state index is 12.6. The molecule has 2 unspecified atom stereocenters. The fourth-order valence-corrected chi connectivity index (χ4v) is 3.26. The van der Waals surface area contributed by atoms with Crippen molar-refractivity contribution in [2.45, 2.75) is 33.1 Å². The molecule has 142 valence electrons. The Morgan fingerprint density at radius 2 is 1.63 bits per heavy atom. The first-order chi connectivity index (χ1) is 12.9. The van der Waals surface area contributed by atoms with Gasteiger partial charge in [0.05, 0.1) is 24.6 Å². The molecule has 5 nitrogen and oxygen atoms in total. The number of nitrogens with one attached hydrogen (secondary N) is 2. The van der Waals surface area contributed by atoms with Gasteiger partial charge in [0, 0.05) is 5.69 Å². The molecule has 1 aliphatic carbocycles. The van der Waals surface area contributed by atoms with E-state index >= 15 is 0 Å². The van der Waals surface area contributed by atoms with Crippen LogP contribution in [0.5, 0.6) is 5.75 Å². The molecule has 3 rings (SSSR count). The van der Waals surface area contributed by atoms with Crippen LogP contribution in [-0.4, -0.2) is 18.9 Å². The number of hydrogen-bond donors (Lipinski definition) is 2. The predicted molar refractivity (Wildman–Crippen MR) is 107 cm³/mol. The van der Waals surface area contributed by atoms with Crippen LogP contribution in [0, 0.1) is 18.8 Å². The minimum absolute atomic E-state index is 0.0977. The Morgan fingerprint density at radius 1 is 1.00 bits per heavy atom. The van der Waals surface area contributed by atoms with Crippen molar-refractivity contribution < 1.29 is 14.3 Å². The zero-order valence-corrected chi connectivity index (χ0v) is 16.2. The van der Waals surface area contributed by atoms with Gasteiger partial charge in [0.15, 0.2) is 0 Å². The topological polar surface area (TPSA) is 67.4 Å². The fraction of sp³-hybridized carbons (Fsp3) is 0.364. The van der Waals surface area contributed by atoms with Crippen LogP contribution in [-0.2, 0) is 9.59 Å². The molecule has 1 aliphatic rings. The van der Waals surface area contributed by atoms with E-state index in [0.29, 0.717) is 23.8 Å². The van der Waals surface area contributed by atoms with E-state index in [1.54, 1.807) is 7.11 Å². The second kappa shape index (κ2) is 7.82. The molecule has 0 saturated heterocycles. The van der Waals surface area contributed by atoms with Crippen molar-refractivity contribution in [2.24, 2.45) is 11.8 Å². The highest BCUT2D eigenvalue weighted by Crippen LogP contribution is 2.41. The van der Waals surface area contributed by atoms with Crippen LogP contribution < -0.4 is 15.4 Å². The van der Waals surface area contributed by atoms with Crippen LogP contribution in [0.3, 0.4) is 0 Å². The van der Waals surface area contributed by atoms with Gasteiger partial charge in [0.1, 0.15) is 5.75 Å². The number of amides is 2. The molecule has 1 saturated carbocycles. The zero-order valence-electron chi connectivity index (χ0n) is 16.2. The molecule has 0 aliphatic heterocycles. The maximum Gasteiger partial charge on any atom is 0.228 e. The summed E-state index contributed by atoms with van der Waals surface area (Å²) < 4.78 is 5.30. The molecule has 2 atom stereocenters. The fourth-order valence-electron chi connectivity index (χ4n) is 3.26. The van der Waals surface area contributed by atoms with Gasteiger partial charge < -0.3 is 15.4 Å². The molecule has 0 bridgehead atoms. The third-order valence-electron chi connectivity index (χ3n) is 4.92. The number of benzene rings is 2. The van der Waals surface area contributed by atoms with E-state index in [4.69, 9.17) is 4.74 Å². The minimum atomic E-state index is -0.304. The Labute approximate surface area is 160 Å². The lowest BCUT2D eigenvalue weighted by Gasteiger charge is -2.14. The highest BCUT2D eigenvalue weighted by molar-refractivity contribution is 6.04. The van der Waals surface area contributed by atoms with Crippen molar-refractivity contribution in [2.75, 3.05) is 17.7 Å². The molecule has 0 radical (unpaired) electrons. The normalized spacial score (nSPS) is 18.1. The first-order valence-electron chi connectivity index (χ1n) is 9.26. The zero-order chi connectivity index (χ0) is 19.6. The van der Waals surface area contributed by atoms with Crippen LogP contribution >= 0.6 is 0 Å². The molecule has 0 spiro atoms. The maximum atomic E-state index is 12.6. The highest BCUT2D eigenvalue weighted by atomic mass is 16.5. The van der Waals surface area contributed by atoms with E-state index in [9.17, 15) is 9.59 Å². The number of anilines is 2. The summed E-state index contributed by atoms with van der Waals surface area (Å²) in [6.45, 7) is 6.13. The smallest absolute Gasteiger partial charge is 0.228 e. The molecule has 27 heavy (non-hydrogen) atoms. The summed E-state index contributed by atoms with van der Waals surface area (Å²) in [6, 6.07) is 13.4. The predicted octanol–water partition coefficient (Wildman–Crippen LogP) is 4.34. The highest BCUT2D eigenvalue weighted by Gasteiger charge is 2.48. The average molecular weight is 366 g/mol. The number of ether oxygens (including phenoxy) is 1. The van der Waals surface area contributed by atoms with Crippen molar-refractivity contribution in [3.05, 3.63) is 53.6 Å². The van der Waals surface area contributed by atoms with Crippen LogP contribution in [0.25, 0.3) is 0 Å². The summed E-state index contributed by atoms with van der Waals surface area (Å²) in [5.74, 6) is 0.0909. The lowest BCUT2D eigenvalue weighted by molar-refractivity contribution is -0.122. The van der Waals surface area contributed by atoms with Gasteiger partial charge in [-0.15, -0.1) is 0 Å². The molecular weight excluding hydrogens is 340 g/mol. The van der Waals surface area contributed by atoms with Gasteiger partial charge in [0.25, 0.3) is 0 Å². The van der Waals surface area contributed by atoms with Gasteiger partial charge in [-0.25, -0.2) is 0 Å². The van der Waals surface area contributed by atoms with E-state index in [-0.39, 0.29) is 23.7 Å². The molecule has 2 aromatic rings. The second-order valence-electron chi connectivity index (χ2n) is 7.37. The molecule has 5 heteroatoms. The summed E-state index contributed by atoms with van der Waals surface area (Å²) in [5, 5.41) is 5.89. The molecule has 2 amide bonds. The number of carbonyl (C=O) groups excluding carboxylic acids is 2. The van der Waals surface area contributed by atoms with E-state index in [0.717, 1.165) is 16.8 Å². The van der Waals surface area contributed by atoms with Crippen LogP contribution in [0.1, 0.15) is 37.3 Å². The lowest BCUT2D eigenvalue weighted by atomic mass is 10.0. The summed E-state index contributed by atoms with van der Waals surface area (Å²) in [6.07, 6.45) is 0.565. The van der Waals surface area contributed by atoms with Gasteiger partial charge in [0.2, 0.25) is 11.8 Å². The standard InChI is InChI=1S/C22H26N2O3/c1-13(2)15-7-5-6-8-18(15)23-21(25)16-12-17(16)22(26)24-19-11-14(3)9-10-20(19)27-4/h5-11,13,16-17H,12H2,1-4H3,(H,23,25)(H,24,26). The third kappa shape index (κ3) is 4.30. The van der Waals surface area contributed by atoms with E-state index in [1.165, 1.54) is 0 Å². The number of methoxy groups -OCH3 is 1. The van der Waals surface area contributed by atoms with Crippen molar-refractivity contribution >= 4 is 23.2 Å². The third-order valence-corrected chi connectivity index (χ3v) is 4.92. The van der Waals surface area contributed by atoms with Crippen LogP contribution in [0.4, 0.5) is 11.4 Å². The summed E-state index contributed by atoms with van der Waals surface area (Å²) in [4.78, 5) is 25.1. The Bertz CT molecular complexity index is 860. The van der Waals surface area contributed by atoms with E-state index < -0.39 is 0 Å². The van der Waals surface area contributed by atoms with E-state index in [1.807, 2.05) is 49.4 Å². The minimum Gasteiger partial charge on any atom is -0.495 e. The Morgan fingerprint density at radius 3 is 2.26 bits per heavy atom. The molecule has 2 N–H and O–H groups in total. The van der Waals surface area contributed by atoms with Gasteiger partial charge >= 0.3 is 0 Å². The van der Waals surface area contributed by atoms with Crippen molar-refractivity contribution in [3.8, 4) is 5.75 Å². The molecular formula is C22H26N2O3. The number of para-hydroxylation sites is 1. The molecule has 1 fully saturated rings. The van der Waals surface area contributed by atoms with Gasteiger partial charge in [-0.1, -0.05) is 38.1 Å². The van der Waals surface area contributed by atoms with Crippen LogP contribution in [0.15, 0.2) is 42.5 Å². The summed E-state index contributed by atoms with van der Waals surface area (Å²) in [7, 11) is 1.57. The summed E-state index contributed by atoms with van der Waals surface area (Å²) >= 11 is 0. The molecule has 0 aromatic heterocycles. The van der Waals surface area contributed by atoms with Crippen molar-refractivity contribution in [1.82, 2.24) is 0 Å². The SMILES string of the molecule is COc1ccc(C)cc1NC(=O)C1CC1C(=O)Nc1ccccc1C(C)C. The number of aryl methyl sites for hydroxylation is 1. The first kappa shape index (κ1) is 19.0. The first-order valence-corrected chi connectivity index (χ1v) is 9.26. The Hall–Kier alpha value is -2.82. The monoisotopic (exact) mass is 366 g/mol. The Balaban J connectivity index is 1.63. The van der Waals surface area contributed by atoms with E-state index in [2.05, 4.69) is 24.5 Å². The summed E-state index contributed by atoms with van der Waals surface area (Å²) in [5.41, 5.74) is 3.58. The van der Waals surface area contributed by atoms with Crippen molar-refractivity contribution in [1.29, 1.82) is 0 Å². The number of hydrogen-bond acceptors (Lipinski definition) is 3. The van der Waals surface area contributed by atoms with Gasteiger partial charge in [-0.05, 0) is 48.6 Å². The van der Waals surface area contributed by atoms with Crippen molar-refractivity contribution in [3.63, 3.8) is 0 Å². The van der Waals surface area contributed by atoms with Gasteiger partial charge in [-0.2, -0.15) is 0 Å². The quantitative estimate of drug-likeness (QED) is 0.799. The largest absolute Gasteiger partial charge is 0.495 e. The second-order valence-corrected chi connectivity index (χ2v) is 7.37. The Kier molecular flexibility index (Phi) is 5.49. The molecule has 2 aromatic carbocycles. The average Bonchev–Trinajstić information content (AvgIpc) is 3.43.